The van der Waals surface area contributed by atoms with Gasteiger partial charge in [0.1, 0.15) is 11.6 Å². The lowest BCUT2D eigenvalue weighted by Crippen LogP contribution is -2.37. The van der Waals surface area contributed by atoms with E-state index in [0.717, 1.165) is 22.5 Å². The molecule has 1 aromatic heterocycles. The second-order valence-corrected chi connectivity index (χ2v) is 7.37. The van der Waals surface area contributed by atoms with Crippen LogP contribution < -0.4 is 10.2 Å². The zero-order valence-electron chi connectivity index (χ0n) is 18.3. The van der Waals surface area contributed by atoms with Crippen molar-refractivity contribution in [2.45, 2.75) is 6.92 Å². The standard InChI is InChI=1S/C25H25FN4O3/c1-2-33-23(31)11-6-18-4-3-5-19(16-18)22-17-27-25(28-21-9-7-20(26)8-10-21)29-24(22)30-12-14-32-15-13-30/h3-11,16-17H,2,12-15H2,1H3,(H,27,28,29)/b11-6+. The Kier molecular flexibility index (Phi) is 7.26. The smallest absolute Gasteiger partial charge is 0.330 e. The molecule has 0 bridgehead atoms. The Hall–Kier alpha value is -3.78. The molecule has 2 aromatic carbocycles. The van der Waals surface area contributed by atoms with Gasteiger partial charge in [0.2, 0.25) is 5.95 Å². The molecule has 1 fully saturated rings. The number of rotatable bonds is 7. The van der Waals surface area contributed by atoms with Gasteiger partial charge in [-0.05, 0) is 54.5 Å². The van der Waals surface area contributed by atoms with E-state index in [1.165, 1.54) is 18.2 Å². The summed E-state index contributed by atoms with van der Waals surface area (Å²) in [4.78, 5) is 23.1. The first-order valence-electron chi connectivity index (χ1n) is 10.8. The van der Waals surface area contributed by atoms with Crippen LogP contribution in [0.1, 0.15) is 12.5 Å². The number of nitrogens with one attached hydrogen (secondary N) is 1. The van der Waals surface area contributed by atoms with Gasteiger partial charge in [0.05, 0.1) is 19.8 Å². The normalized spacial score (nSPS) is 13.8. The third-order valence-corrected chi connectivity index (χ3v) is 5.08. The minimum absolute atomic E-state index is 0.303. The molecule has 33 heavy (non-hydrogen) atoms. The molecule has 7 nitrogen and oxygen atoms in total. The fourth-order valence-corrected chi connectivity index (χ4v) is 3.48. The van der Waals surface area contributed by atoms with Gasteiger partial charge in [-0.15, -0.1) is 0 Å². The lowest BCUT2D eigenvalue weighted by Gasteiger charge is -2.29. The summed E-state index contributed by atoms with van der Waals surface area (Å²) in [5.41, 5.74) is 3.36. The van der Waals surface area contributed by atoms with Crippen molar-refractivity contribution in [2.24, 2.45) is 0 Å². The number of anilines is 3. The number of halogens is 1. The molecule has 1 aliphatic heterocycles. The van der Waals surface area contributed by atoms with Crippen LogP contribution in [0.4, 0.5) is 21.8 Å². The fraction of sp³-hybridized carbons (Fsp3) is 0.240. The average molecular weight is 448 g/mol. The van der Waals surface area contributed by atoms with Crippen LogP contribution in [0.2, 0.25) is 0 Å². The van der Waals surface area contributed by atoms with E-state index in [4.69, 9.17) is 14.5 Å². The molecular weight excluding hydrogens is 423 g/mol. The number of ether oxygens (including phenoxy) is 2. The fourth-order valence-electron chi connectivity index (χ4n) is 3.48. The monoisotopic (exact) mass is 448 g/mol. The van der Waals surface area contributed by atoms with Gasteiger partial charge in [0.25, 0.3) is 0 Å². The quantitative estimate of drug-likeness (QED) is 0.423. The Bertz CT molecular complexity index is 1130. The van der Waals surface area contributed by atoms with Gasteiger partial charge >= 0.3 is 5.97 Å². The van der Waals surface area contributed by atoms with Crippen molar-refractivity contribution in [2.75, 3.05) is 43.1 Å². The summed E-state index contributed by atoms with van der Waals surface area (Å²) >= 11 is 0. The Labute approximate surface area is 191 Å². The summed E-state index contributed by atoms with van der Waals surface area (Å²) in [6.07, 6.45) is 4.91. The van der Waals surface area contributed by atoms with E-state index >= 15 is 0 Å². The van der Waals surface area contributed by atoms with Crippen LogP contribution in [0.25, 0.3) is 17.2 Å². The molecule has 0 spiro atoms. The van der Waals surface area contributed by atoms with Crippen molar-refractivity contribution < 1.29 is 18.7 Å². The van der Waals surface area contributed by atoms with Crippen LogP contribution in [-0.2, 0) is 14.3 Å². The summed E-state index contributed by atoms with van der Waals surface area (Å²) in [6, 6.07) is 13.8. The molecule has 0 unspecified atom stereocenters. The maximum Gasteiger partial charge on any atom is 0.330 e. The van der Waals surface area contributed by atoms with E-state index in [1.807, 2.05) is 24.3 Å². The summed E-state index contributed by atoms with van der Waals surface area (Å²) in [5, 5.41) is 3.14. The zero-order chi connectivity index (χ0) is 23.0. The van der Waals surface area contributed by atoms with E-state index in [-0.39, 0.29) is 11.8 Å². The third-order valence-electron chi connectivity index (χ3n) is 5.08. The zero-order valence-corrected chi connectivity index (χ0v) is 18.3. The molecule has 1 N–H and O–H groups in total. The summed E-state index contributed by atoms with van der Waals surface area (Å²) < 4.78 is 23.7. The van der Waals surface area contributed by atoms with Crippen molar-refractivity contribution in [3.8, 4) is 11.1 Å². The van der Waals surface area contributed by atoms with Crippen LogP contribution >= 0.6 is 0 Å². The molecule has 0 aliphatic carbocycles. The predicted molar refractivity (Wildman–Crippen MR) is 126 cm³/mol. The minimum Gasteiger partial charge on any atom is -0.463 e. The van der Waals surface area contributed by atoms with Gasteiger partial charge < -0.3 is 19.7 Å². The highest BCUT2D eigenvalue weighted by Gasteiger charge is 2.19. The molecule has 3 aromatic rings. The van der Waals surface area contributed by atoms with Crippen molar-refractivity contribution in [1.29, 1.82) is 0 Å². The Morgan fingerprint density at radius 3 is 2.76 bits per heavy atom. The predicted octanol–water partition coefficient (Wildman–Crippen LogP) is 4.44. The number of nitrogens with zero attached hydrogens (tertiary/aromatic N) is 3. The summed E-state index contributed by atoms with van der Waals surface area (Å²) in [7, 11) is 0. The summed E-state index contributed by atoms with van der Waals surface area (Å²) in [5.74, 6) is 0.522. The Morgan fingerprint density at radius 2 is 2.00 bits per heavy atom. The number of benzene rings is 2. The number of hydrogen-bond acceptors (Lipinski definition) is 7. The van der Waals surface area contributed by atoms with Crippen molar-refractivity contribution in [3.63, 3.8) is 0 Å². The highest BCUT2D eigenvalue weighted by Crippen LogP contribution is 2.31. The Morgan fingerprint density at radius 1 is 1.21 bits per heavy atom. The number of carbonyl (C=O) groups excluding carboxylic acids is 1. The van der Waals surface area contributed by atoms with Crippen LogP contribution in [0.15, 0.2) is 60.8 Å². The molecule has 1 aliphatic rings. The highest BCUT2D eigenvalue weighted by atomic mass is 19.1. The maximum absolute atomic E-state index is 13.2. The maximum atomic E-state index is 13.2. The van der Waals surface area contributed by atoms with Crippen LogP contribution in [0.5, 0.6) is 0 Å². The Balaban J connectivity index is 1.66. The lowest BCUT2D eigenvalue weighted by molar-refractivity contribution is -0.137. The van der Waals surface area contributed by atoms with Gasteiger partial charge in [0, 0.05) is 36.6 Å². The highest BCUT2D eigenvalue weighted by molar-refractivity contribution is 5.87. The number of aromatic nitrogens is 2. The minimum atomic E-state index is -0.378. The van der Waals surface area contributed by atoms with Gasteiger partial charge in [0.15, 0.2) is 0 Å². The molecule has 4 rings (SSSR count). The van der Waals surface area contributed by atoms with Crippen LogP contribution in [0, 0.1) is 5.82 Å². The van der Waals surface area contributed by atoms with E-state index in [1.54, 1.807) is 31.3 Å². The molecule has 0 amide bonds. The van der Waals surface area contributed by atoms with E-state index in [0.29, 0.717) is 44.5 Å². The first-order valence-corrected chi connectivity index (χ1v) is 10.8. The molecule has 8 heteroatoms. The molecule has 2 heterocycles. The number of morpholine rings is 1. The van der Waals surface area contributed by atoms with E-state index < -0.39 is 0 Å². The van der Waals surface area contributed by atoms with Crippen molar-refractivity contribution in [3.05, 3.63) is 72.2 Å². The van der Waals surface area contributed by atoms with Crippen LogP contribution in [-0.4, -0.2) is 48.8 Å². The molecule has 0 saturated carbocycles. The van der Waals surface area contributed by atoms with Crippen molar-refractivity contribution in [1.82, 2.24) is 9.97 Å². The van der Waals surface area contributed by atoms with E-state index in [2.05, 4.69) is 15.2 Å². The number of carbonyl (C=O) groups is 1. The third kappa shape index (κ3) is 5.93. The topological polar surface area (TPSA) is 76.6 Å². The average Bonchev–Trinajstić information content (AvgIpc) is 2.85. The number of hydrogen-bond donors (Lipinski definition) is 1. The second-order valence-electron chi connectivity index (χ2n) is 7.37. The molecule has 170 valence electrons. The van der Waals surface area contributed by atoms with Gasteiger partial charge in [-0.3, -0.25) is 0 Å². The first kappa shape index (κ1) is 22.4. The van der Waals surface area contributed by atoms with Gasteiger partial charge in [-0.25, -0.2) is 14.2 Å². The molecule has 1 saturated heterocycles. The van der Waals surface area contributed by atoms with Crippen LogP contribution in [0.3, 0.4) is 0 Å². The van der Waals surface area contributed by atoms with Gasteiger partial charge in [-0.1, -0.05) is 18.2 Å². The SMILES string of the molecule is CCOC(=O)/C=C/c1cccc(-c2cnc(Nc3ccc(F)cc3)nc2N2CCOCC2)c1. The lowest BCUT2D eigenvalue weighted by atomic mass is 10.0. The molecule has 0 atom stereocenters. The second kappa shape index (κ2) is 10.7. The first-order chi connectivity index (χ1) is 16.1. The van der Waals surface area contributed by atoms with Gasteiger partial charge in [-0.2, -0.15) is 4.98 Å². The molecular formula is C25H25FN4O3. The number of esters is 1. The molecule has 0 radical (unpaired) electrons. The van der Waals surface area contributed by atoms with Crippen molar-refractivity contribution >= 4 is 29.5 Å². The summed E-state index contributed by atoms with van der Waals surface area (Å²) in [6.45, 7) is 4.76. The largest absolute Gasteiger partial charge is 0.463 e. The van der Waals surface area contributed by atoms with E-state index in [9.17, 15) is 9.18 Å².